The first-order chi connectivity index (χ1) is 9.44. The van der Waals surface area contributed by atoms with Crippen molar-refractivity contribution < 1.29 is 12.8 Å². The van der Waals surface area contributed by atoms with Gasteiger partial charge < -0.3 is 0 Å². The normalized spacial score (nSPS) is 11.2. The van der Waals surface area contributed by atoms with Crippen LogP contribution in [-0.4, -0.2) is 13.4 Å². The summed E-state index contributed by atoms with van der Waals surface area (Å²) in [7, 11) is -3.96. The molecule has 0 atom stereocenters. The summed E-state index contributed by atoms with van der Waals surface area (Å²) in [6, 6.07) is 5.05. The number of nitrogens with zero attached hydrogens (tertiary/aromatic N) is 2. The van der Waals surface area contributed by atoms with Crippen LogP contribution in [0.2, 0.25) is 0 Å². The van der Waals surface area contributed by atoms with Crippen molar-refractivity contribution in [2.45, 2.75) is 18.4 Å². The lowest BCUT2D eigenvalue weighted by Crippen LogP contribution is -2.24. The van der Waals surface area contributed by atoms with E-state index in [0.29, 0.717) is 5.01 Å². The molecule has 0 aliphatic heterocycles. The lowest BCUT2D eigenvalue weighted by molar-refractivity contribution is 0.576. The average Bonchev–Trinajstić information content (AvgIpc) is 2.82. The van der Waals surface area contributed by atoms with Crippen molar-refractivity contribution in [2.75, 3.05) is 0 Å². The van der Waals surface area contributed by atoms with E-state index >= 15 is 0 Å². The zero-order chi connectivity index (χ0) is 14.8. The quantitative estimate of drug-likeness (QED) is 0.935. The van der Waals surface area contributed by atoms with Gasteiger partial charge in [0.05, 0.1) is 6.54 Å². The standard InChI is InChI=1S/C12H10FN3O2S2/c1-8-6-15-12(19-8)7-16-20(17,18)11-4-2-3-10(13)9(11)5-14/h2-4,6,16H,7H2,1H3. The van der Waals surface area contributed by atoms with Crippen molar-refractivity contribution in [1.29, 1.82) is 5.26 Å². The molecule has 2 aromatic rings. The van der Waals surface area contributed by atoms with Crippen LogP contribution in [0.5, 0.6) is 0 Å². The van der Waals surface area contributed by atoms with Gasteiger partial charge in [-0.1, -0.05) is 6.07 Å². The minimum absolute atomic E-state index is 0.00220. The molecule has 1 aromatic carbocycles. The van der Waals surface area contributed by atoms with Crippen molar-refractivity contribution in [1.82, 2.24) is 9.71 Å². The molecule has 0 aliphatic carbocycles. The highest BCUT2D eigenvalue weighted by atomic mass is 32.2. The van der Waals surface area contributed by atoms with Gasteiger partial charge >= 0.3 is 0 Å². The molecule has 0 fully saturated rings. The first kappa shape index (κ1) is 14.6. The van der Waals surface area contributed by atoms with Crippen molar-refractivity contribution in [2.24, 2.45) is 0 Å². The number of rotatable bonds is 4. The Morgan fingerprint density at radius 1 is 1.50 bits per heavy atom. The first-order valence-corrected chi connectivity index (χ1v) is 7.83. The van der Waals surface area contributed by atoms with Crippen LogP contribution in [0.1, 0.15) is 15.4 Å². The number of aryl methyl sites for hydroxylation is 1. The largest absolute Gasteiger partial charge is 0.248 e. The zero-order valence-electron chi connectivity index (χ0n) is 10.4. The van der Waals surface area contributed by atoms with Crippen LogP contribution in [0.3, 0.4) is 0 Å². The lowest BCUT2D eigenvalue weighted by atomic mass is 10.2. The third kappa shape index (κ3) is 3.01. The minimum Gasteiger partial charge on any atom is -0.248 e. The average molecular weight is 311 g/mol. The number of nitrogens with one attached hydrogen (secondary N) is 1. The Morgan fingerprint density at radius 3 is 2.85 bits per heavy atom. The monoisotopic (exact) mass is 311 g/mol. The van der Waals surface area contributed by atoms with E-state index in [1.165, 1.54) is 23.5 Å². The smallest absolute Gasteiger partial charge is 0.242 e. The second-order valence-corrected chi connectivity index (χ2v) is 6.97. The predicted molar refractivity (Wildman–Crippen MR) is 72.0 cm³/mol. The fourth-order valence-electron chi connectivity index (χ4n) is 1.55. The third-order valence-corrected chi connectivity index (χ3v) is 4.82. The number of nitriles is 1. The van der Waals surface area contributed by atoms with Gasteiger partial charge in [0.15, 0.2) is 0 Å². The van der Waals surface area contributed by atoms with Crippen molar-refractivity contribution in [3.8, 4) is 6.07 Å². The summed E-state index contributed by atoms with van der Waals surface area (Å²) in [6.07, 6.45) is 1.64. The molecular formula is C12H10FN3O2S2. The minimum atomic E-state index is -3.96. The number of sulfonamides is 1. The van der Waals surface area contributed by atoms with Gasteiger partial charge in [-0.2, -0.15) is 5.26 Å². The van der Waals surface area contributed by atoms with E-state index in [-0.39, 0.29) is 11.4 Å². The summed E-state index contributed by atoms with van der Waals surface area (Å²) in [4.78, 5) is 4.62. The topological polar surface area (TPSA) is 82.8 Å². The van der Waals surface area contributed by atoms with E-state index in [1.54, 1.807) is 12.3 Å². The number of benzene rings is 1. The second kappa shape index (κ2) is 5.66. The molecule has 0 saturated carbocycles. The van der Waals surface area contributed by atoms with E-state index in [1.807, 2.05) is 6.92 Å². The third-order valence-electron chi connectivity index (χ3n) is 2.46. The molecule has 2 rings (SSSR count). The number of thiazole rings is 1. The SMILES string of the molecule is Cc1cnc(CNS(=O)(=O)c2cccc(F)c2C#N)s1. The predicted octanol–water partition coefficient (Wildman–Crippen LogP) is 1.94. The zero-order valence-corrected chi connectivity index (χ0v) is 12.1. The Labute approximate surface area is 119 Å². The Hall–Kier alpha value is -1.82. The van der Waals surface area contributed by atoms with Crippen LogP contribution < -0.4 is 4.72 Å². The molecule has 1 N–H and O–H groups in total. The van der Waals surface area contributed by atoms with E-state index in [4.69, 9.17) is 5.26 Å². The molecule has 1 aromatic heterocycles. The maximum absolute atomic E-state index is 13.4. The summed E-state index contributed by atoms with van der Waals surface area (Å²) in [6.45, 7) is 1.86. The van der Waals surface area contributed by atoms with Crippen LogP contribution in [0.25, 0.3) is 0 Å². The van der Waals surface area contributed by atoms with E-state index in [0.717, 1.165) is 10.9 Å². The Morgan fingerprint density at radius 2 is 2.25 bits per heavy atom. The van der Waals surface area contributed by atoms with Gasteiger partial charge in [0.1, 0.15) is 27.4 Å². The van der Waals surface area contributed by atoms with Gasteiger partial charge in [0, 0.05) is 11.1 Å². The molecule has 0 unspecified atom stereocenters. The van der Waals surface area contributed by atoms with Crippen LogP contribution in [0, 0.1) is 24.1 Å². The van der Waals surface area contributed by atoms with Crippen molar-refractivity contribution in [3.63, 3.8) is 0 Å². The molecule has 0 aliphatic rings. The molecule has 0 radical (unpaired) electrons. The highest BCUT2D eigenvalue weighted by molar-refractivity contribution is 7.89. The molecule has 20 heavy (non-hydrogen) atoms. The molecule has 8 heteroatoms. The summed E-state index contributed by atoms with van der Waals surface area (Å²) < 4.78 is 39.9. The summed E-state index contributed by atoms with van der Waals surface area (Å²) in [5, 5.41) is 9.46. The summed E-state index contributed by atoms with van der Waals surface area (Å²) in [5.41, 5.74) is -0.490. The van der Waals surface area contributed by atoms with Gasteiger partial charge in [-0.25, -0.2) is 22.5 Å². The lowest BCUT2D eigenvalue weighted by Gasteiger charge is -2.07. The maximum Gasteiger partial charge on any atom is 0.242 e. The Kier molecular flexibility index (Phi) is 4.13. The number of hydrogen-bond acceptors (Lipinski definition) is 5. The van der Waals surface area contributed by atoms with E-state index < -0.39 is 21.4 Å². The van der Waals surface area contributed by atoms with Gasteiger partial charge in [-0.15, -0.1) is 11.3 Å². The molecule has 0 spiro atoms. The maximum atomic E-state index is 13.4. The molecule has 5 nitrogen and oxygen atoms in total. The van der Waals surface area contributed by atoms with Gasteiger partial charge in [0.25, 0.3) is 0 Å². The molecule has 104 valence electrons. The Bertz CT molecular complexity index is 778. The van der Waals surface area contributed by atoms with Gasteiger partial charge in [0.2, 0.25) is 10.0 Å². The van der Waals surface area contributed by atoms with Crippen LogP contribution >= 0.6 is 11.3 Å². The summed E-state index contributed by atoms with van der Waals surface area (Å²) in [5.74, 6) is -0.861. The molecule has 0 saturated heterocycles. The van der Waals surface area contributed by atoms with E-state index in [2.05, 4.69) is 9.71 Å². The number of halogens is 1. The molecule has 0 amide bonds. The van der Waals surface area contributed by atoms with Crippen molar-refractivity contribution >= 4 is 21.4 Å². The molecule has 0 bridgehead atoms. The summed E-state index contributed by atoms with van der Waals surface area (Å²) >= 11 is 1.36. The fraction of sp³-hybridized carbons (Fsp3) is 0.167. The number of aromatic nitrogens is 1. The first-order valence-electron chi connectivity index (χ1n) is 5.53. The van der Waals surface area contributed by atoms with Crippen LogP contribution in [0.15, 0.2) is 29.3 Å². The van der Waals surface area contributed by atoms with Crippen LogP contribution in [0.4, 0.5) is 4.39 Å². The second-order valence-electron chi connectivity index (χ2n) is 3.91. The molecular weight excluding hydrogens is 301 g/mol. The van der Waals surface area contributed by atoms with Crippen LogP contribution in [-0.2, 0) is 16.6 Å². The molecule has 1 heterocycles. The highest BCUT2D eigenvalue weighted by Crippen LogP contribution is 2.18. The van der Waals surface area contributed by atoms with E-state index in [9.17, 15) is 12.8 Å². The van der Waals surface area contributed by atoms with Crippen molar-refractivity contribution in [3.05, 3.63) is 45.7 Å². The Balaban J connectivity index is 2.27. The number of hydrogen-bond donors (Lipinski definition) is 1. The fourth-order valence-corrected chi connectivity index (χ4v) is 3.52. The van der Waals surface area contributed by atoms with Gasteiger partial charge in [-0.05, 0) is 19.1 Å². The van der Waals surface area contributed by atoms with Gasteiger partial charge in [-0.3, -0.25) is 0 Å². The highest BCUT2D eigenvalue weighted by Gasteiger charge is 2.21.